The Morgan fingerprint density at radius 3 is 2.60 bits per heavy atom. The van der Waals surface area contributed by atoms with Crippen molar-refractivity contribution >= 4 is 10.0 Å². The van der Waals surface area contributed by atoms with E-state index in [0.717, 1.165) is 31.4 Å². The number of benzene rings is 1. The van der Waals surface area contributed by atoms with Gasteiger partial charge in [0.1, 0.15) is 5.75 Å². The molecule has 1 aromatic carbocycles. The fraction of sp³-hybridized carbons (Fsp3) is 0.600. The molecule has 0 N–H and O–H groups in total. The summed E-state index contributed by atoms with van der Waals surface area (Å²) in [5.41, 5.74) is 1.28. The van der Waals surface area contributed by atoms with Gasteiger partial charge in [0.25, 0.3) is 0 Å². The maximum absolute atomic E-state index is 11.6. The Hall–Kier alpha value is -1.07. The molecule has 0 amide bonds. The Kier molecular flexibility index (Phi) is 5.05. The monoisotopic (exact) mass is 297 g/mol. The molecule has 20 heavy (non-hydrogen) atoms. The number of sulfonamides is 1. The van der Waals surface area contributed by atoms with Crippen LogP contribution in [0.1, 0.15) is 24.8 Å². The lowest BCUT2D eigenvalue weighted by molar-refractivity contribution is 0.257. The van der Waals surface area contributed by atoms with Crippen molar-refractivity contribution in [2.24, 2.45) is 5.92 Å². The predicted octanol–water partition coefficient (Wildman–Crippen LogP) is 2.30. The molecule has 1 fully saturated rings. The van der Waals surface area contributed by atoms with Crippen molar-refractivity contribution in [2.45, 2.75) is 25.7 Å². The van der Waals surface area contributed by atoms with Crippen LogP contribution in [0, 0.1) is 5.92 Å². The van der Waals surface area contributed by atoms with Gasteiger partial charge in [-0.3, -0.25) is 0 Å². The first-order valence-corrected chi connectivity index (χ1v) is 8.92. The van der Waals surface area contributed by atoms with Crippen LogP contribution >= 0.6 is 0 Å². The van der Waals surface area contributed by atoms with E-state index in [2.05, 4.69) is 12.1 Å². The van der Waals surface area contributed by atoms with Crippen LogP contribution < -0.4 is 4.74 Å². The van der Waals surface area contributed by atoms with Crippen LogP contribution in [-0.4, -0.2) is 39.2 Å². The number of hydrogen-bond donors (Lipinski definition) is 0. The van der Waals surface area contributed by atoms with Crippen molar-refractivity contribution in [1.29, 1.82) is 0 Å². The minimum absolute atomic E-state index is 0.473. The second-order valence-corrected chi connectivity index (χ2v) is 7.50. The summed E-state index contributed by atoms with van der Waals surface area (Å²) >= 11 is 0. The van der Waals surface area contributed by atoms with Gasteiger partial charge < -0.3 is 4.74 Å². The van der Waals surface area contributed by atoms with Crippen LogP contribution in [0.15, 0.2) is 24.3 Å². The smallest absolute Gasteiger partial charge is 0.211 e. The molecule has 0 aromatic heterocycles. The number of piperidine rings is 1. The minimum atomic E-state index is -3.03. The zero-order valence-electron chi connectivity index (χ0n) is 12.2. The van der Waals surface area contributed by atoms with Gasteiger partial charge in [0.05, 0.1) is 13.4 Å². The van der Waals surface area contributed by atoms with Crippen molar-refractivity contribution in [3.8, 4) is 5.75 Å². The number of methoxy groups -OCH3 is 1. The van der Waals surface area contributed by atoms with Gasteiger partial charge in [-0.15, -0.1) is 0 Å². The average Bonchev–Trinajstić information content (AvgIpc) is 2.45. The number of hydrogen-bond acceptors (Lipinski definition) is 3. The molecule has 0 unspecified atom stereocenters. The molecule has 1 heterocycles. The van der Waals surface area contributed by atoms with Gasteiger partial charge in [0.2, 0.25) is 10.0 Å². The standard InChI is InChI=1S/C15H23NO3S/c1-19-15-9-7-13(8-10-15)5-6-14-4-3-11-16(12-14)20(2,17)18/h7-10,14H,3-6,11-12H2,1-2H3/t14-/m0/s1. The van der Waals surface area contributed by atoms with Crippen molar-refractivity contribution in [3.63, 3.8) is 0 Å². The number of ether oxygens (including phenoxy) is 1. The highest BCUT2D eigenvalue weighted by Crippen LogP contribution is 2.23. The van der Waals surface area contributed by atoms with Gasteiger partial charge >= 0.3 is 0 Å². The van der Waals surface area contributed by atoms with E-state index in [1.807, 2.05) is 12.1 Å². The molecular formula is C15H23NO3S. The summed E-state index contributed by atoms with van der Waals surface area (Å²) in [6.07, 6.45) is 5.44. The van der Waals surface area contributed by atoms with E-state index >= 15 is 0 Å². The third-order valence-corrected chi connectivity index (χ3v) is 5.22. The molecule has 1 aromatic rings. The zero-order chi connectivity index (χ0) is 14.6. The molecule has 2 rings (SSSR count). The van der Waals surface area contributed by atoms with Crippen molar-refractivity contribution in [2.75, 3.05) is 26.5 Å². The van der Waals surface area contributed by atoms with E-state index in [4.69, 9.17) is 4.74 Å². The van der Waals surface area contributed by atoms with E-state index in [1.165, 1.54) is 11.8 Å². The predicted molar refractivity (Wildman–Crippen MR) is 80.5 cm³/mol. The Morgan fingerprint density at radius 1 is 1.30 bits per heavy atom. The van der Waals surface area contributed by atoms with Crippen LogP contribution in [0.25, 0.3) is 0 Å². The van der Waals surface area contributed by atoms with Crippen LogP contribution in [-0.2, 0) is 16.4 Å². The second-order valence-electron chi connectivity index (χ2n) is 5.52. The van der Waals surface area contributed by atoms with Gasteiger partial charge in [-0.05, 0) is 49.3 Å². The van der Waals surface area contributed by atoms with E-state index in [9.17, 15) is 8.42 Å². The molecule has 4 nitrogen and oxygen atoms in total. The molecule has 1 atom stereocenters. The molecule has 0 aliphatic carbocycles. The highest BCUT2D eigenvalue weighted by atomic mass is 32.2. The van der Waals surface area contributed by atoms with Crippen LogP contribution in [0.4, 0.5) is 0 Å². The highest BCUT2D eigenvalue weighted by molar-refractivity contribution is 7.88. The van der Waals surface area contributed by atoms with Crippen molar-refractivity contribution in [3.05, 3.63) is 29.8 Å². The van der Waals surface area contributed by atoms with Gasteiger partial charge in [-0.25, -0.2) is 12.7 Å². The molecule has 1 aliphatic rings. The zero-order valence-corrected chi connectivity index (χ0v) is 13.0. The Bertz CT molecular complexity index is 525. The van der Waals surface area contributed by atoms with Crippen LogP contribution in [0.5, 0.6) is 5.75 Å². The number of aryl methyl sites for hydroxylation is 1. The summed E-state index contributed by atoms with van der Waals surface area (Å²) in [4.78, 5) is 0. The molecule has 0 bridgehead atoms. The normalized spacial score (nSPS) is 20.8. The number of rotatable bonds is 5. The summed E-state index contributed by atoms with van der Waals surface area (Å²) in [6.45, 7) is 1.35. The maximum Gasteiger partial charge on any atom is 0.211 e. The molecular weight excluding hydrogens is 274 g/mol. The van der Waals surface area contributed by atoms with Crippen LogP contribution in [0.3, 0.4) is 0 Å². The fourth-order valence-electron chi connectivity index (χ4n) is 2.73. The highest BCUT2D eigenvalue weighted by Gasteiger charge is 2.25. The van der Waals surface area contributed by atoms with Gasteiger partial charge in [0.15, 0.2) is 0 Å². The fourth-order valence-corrected chi connectivity index (χ4v) is 3.67. The molecule has 0 saturated carbocycles. The number of nitrogens with zero attached hydrogens (tertiary/aromatic N) is 1. The summed E-state index contributed by atoms with van der Waals surface area (Å²) in [5, 5.41) is 0. The third-order valence-electron chi connectivity index (χ3n) is 3.95. The van der Waals surface area contributed by atoms with Gasteiger partial charge in [0, 0.05) is 13.1 Å². The average molecular weight is 297 g/mol. The minimum Gasteiger partial charge on any atom is -0.497 e. The molecule has 1 aliphatic heterocycles. The van der Waals surface area contributed by atoms with Crippen molar-refractivity contribution in [1.82, 2.24) is 4.31 Å². The second kappa shape index (κ2) is 6.59. The lowest BCUT2D eigenvalue weighted by atomic mass is 9.93. The first kappa shape index (κ1) is 15.3. The van der Waals surface area contributed by atoms with Gasteiger partial charge in [-0.1, -0.05) is 12.1 Å². The summed E-state index contributed by atoms with van der Waals surface area (Å²) in [6, 6.07) is 8.10. The lowest BCUT2D eigenvalue weighted by Crippen LogP contribution is -2.39. The van der Waals surface area contributed by atoms with E-state index in [1.54, 1.807) is 11.4 Å². The summed E-state index contributed by atoms with van der Waals surface area (Å²) in [5.74, 6) is 1.34. The van der Waals surface area contributed by atoms with Crippen LogP contribution in [0.2, 0.25) is 0 Å². The first-order valence-electron chi connectivity index (χ1n) is 7.07. The van der Waals surface area contributed by atoms with E-state index in [-0.39, 0.29) is 0 Å². The van der Waals surface area contributed by atoms with E-state index in [0.29, 0.717) is 19.0 Å². The third kappa shape index (κ3) is 4.21. The van der Waals surface area contributed by atoms with E-state index < -0.39 is 10.0 Å². The largest absolute Gasteiger partial charge is 0.497 e. The Balaban J connectivity index is 1.87. The molecule has 1 saturated heterocycles. The first-order chi connectivity index (χ1) is 9.49. The quantitative estimate of drug-likeness (QED) is 0.838. The maximum atomic E-state index is 11.6. The molecule has 5 heteroatoms. The Labute approximate surface area is 121 Å². The topological polar surface area (TPSA) is 46.6 Å². The Morgan fingerprint density at radius 2 is 2.00 bits per heavy atom. The summed E-state index contributed by atoms with van der Waals surface area (Å²) in [7, 11) is -1.37. The van der Waals surface area contributed by atoms with Crippen molar-refractivity contribution < 1.29 is 13.2 Å². The molecule has 0 spiro atoms. The lowest BCUT2D eigenvalue weighted by Gasteiger charge is -2.30. The molecule has 0 radical (unpaired) electrons. The molecule has 112 valence electrons. The van der Waals surface area contributed by atoms with Gasteiger partial charge in [-0.2, -0.15) is 0 Å². The summed E-state index contributed by atoms with van der Waals surface area (Å²) < 4.78 is 29.9. The SMILES string of the molecule is COc1ccc(CC[C@@H]2CCCN(S(C)(=O)=O)C2)cc1.